The molecule has 1 amide bonds. The number of nitrogen functional groups attached to an aromatic ring is 1. The van der Waals surface area contributed by atoms with Crippen molar-refractivity contribution in [1.29, 1.82) is 0 Å². The number of hydrogen-bond donors (Lipinski definition) is 3. The lowest BCUT2D eigenvalue weighted by molar-refractivity contribution is -0.119. The van der Waals surface area contributed by atoms with Crippen LogP contribution in [-0.4, -0.2) is 41.1 Å². The normalized spacial score (nSPS) is 15.9. The lowest BCUT2D eigenvalue weighted by Gasteiger charge is -2.33. The summed E-state index contributed by atoms with van der Waals surface area (Å²) in [6.07, 6.45) is 3.03. The maximum absolute atomic E-state index is 11.1. The van der Waals surface area contributed by atoms with E-state index in [-0.39, 0.29) is 23.2 Å². The van der Waals surface area contributed by atoms with Gasteiger partial charge in [-0.25, -0.2) is 9.78 Å². The second kappa shape index (κ2) is 5.77. The minimum absolute atomic E-state index is 0.0334. The smallest absolute Gasteiger partial charge is 0.337 e. The number of amides is 1. The van der Waals surface area contributed by atoms with Crippen LogP contribution in [-0.2, 0) is 4.79 Å². The van der Waals surface area contributed by atoms with Gasteiger partial charge in [-0.05, 0) is 18.9 Å². The van der Waals surface area contributed by atoms with Gasteiger partial charge >= 0.3 is 5.97 Å². The number of carboxylic acids is 1. The molecule has 0 saturated carbocycles. The Hall–Kier alpha value is -2.31. The van der Waals surface area contributed by atoms with Crippen molar-refractivity contribution in [3.8, 4) is 0 Å². The van der Waals surface area contributed by atoms with Crippen molar-refractivity contribution in [2.75, 3.05) is 23.7 Å². The van der Waals surface area contributed by atoms with Gasteiger partial charge in [0.15, 0.2) is 5.82 Å². The molecule has 1 aliphatic rings. The Morgan fingerprint density at radius 3 is 2.65 bits per heavy atom. The Morgan fingerprint density at radius 2 is 2.10 bits per heavy atom. The molecule has 0 radical (unpaired) electrons. The van der Waals surface area contributed by atoms with Crippen molar-refractivity contribution in [3.05, 3.63) is 17.8 Å². The number of anilines is 2. The van der Waals surface area contributed by atoms with E-state index in [2.05, 4.69) is 10.3 Å². The van der Waals surface area contributed by atoms with Crippen LogP contribution >= 0.6 is 0 Å². The second-order valence-corrected chi connectivity index (χ2v) is 4.86. The van der Waals surface area contributed by atoms with Gasteiger partial charge < -0.3 is 21.1 Å². The van der Waals surface area contributed by atoms with E-state index in [1.54, 1.807) is 0 Å². The molecule has 2 rings (SSSR count). The maximum Gasteiger partial charge on any atom is 0.337 e. The van der Waals surface area contributed by atoms with Gasteiger partial charge in [0.2, 0.25) is 5.91 Å². The summed E-state index contributed by atoms with van der Waals surface area (Å²) in [5.74, 6) is -0.584. The number of aromatic nitrogens is 1. The number of nitrogens with two attached hydrogens (primary N) is 1. The highest BCUT2D eigenvalue weighted by Crippen LogP contribution is 2.26. The number of nitrogens with one attached hydrogen (secondary N) is 1. The number of carboxylic acid groups (broad SMARTS) is 1. The molecule has 0 atom stereocenters. The molecular formula is C13H18N4O3. The molecule has 0 aromatic carbocycles. The first-order chi connectivity index (χ1) is 9.49. The van der Waals surface area contributed by atoms with E-state index in [1.165, 1.54) is 19.2 Å². The molecule has 1 saturated heterocycles. The number of piperidine rings is 1. The first-order valence-corrected chi connectivity index (χ1v) is 6.49. The number of hydrogen-bond acceptors (Lipinski definition) is 5. The van der Waals surface area contributed by atoms with Crippen LogP contribution < -0.4 is 16.0 Å². The van der Waals surface area contributed by atoms with Gasteiger partial charge in [-0.3, -0.25) is 4.79 Å². The Labute approximate surface area is 116 Å². The summed E-state index contributed by atoms with van der Waals surface area (Å²) in [5, 5.41) is 11.9. The Kier molecular flexibility index (Phi) is 4.07. The predicted octanol–water partition coefficient (Wildman–Crippen LogP) is 0.467. The SMILES string of the molecule is CC(=O)NC1CCN(c2nccc(C(=O)O)c2N)CC1. The average Bonchev–Trinajstić information content (AvgIpc) is 2.39. The third kappa shape index (κ3) is 2.98. The second-order valence-electron chi connectivity index (χ2n) is 4.86. The quantitative estimate of drug-likeness (QED) is 0.741. The molecule has 1 aromatic heterocycles. The number of rotatable bonds is 3. The van der Waals surface area contributed by atoms with E-state index in [9.17, 15) is 9.59 Å². The maximum atomic E-state index is 11.1. The van der Waals surface area contributed by atoms with Gasteiger partial charge in [-0.2, -0.15) is 0 Å². The molecule has 20 heavy (non-hydrogen) atoms. The fourth-order valence-electron chi connectivity index (χ4n) is 2.42. The third-order valence-corrected chi connectivity index (χ3v) is 3.40. The largest absolute Gasteiger partial charge is 0.478 e. The van der Waals surface area contributed by atoms with Crippen molar-refractivity contribution < 1.29 is 14.7 Å². The zero-order valence-corrected chi connectivity index (χ0v) is 11.3. The van der Waals surface area contributed by atoms with Gasteiger partial charge in [0.25, 0.3) is 0 Å². The molecule has 108 valence electrons. The summed E-state index contributed by atoms with van der Waals surface area (Å²) in [6, 6.07) is 1.55. The van der Waals surface area contributed by atoms with E-state index >= 15 is 0 Å². The highest BCUT2D eigenvalue weighted by molar-refractivity contribution is 5.96. The van der Waals surface area contributed by atoms with Crippen LogP contribution in [0.1, 0.15) is 30.1 Å². The van der Waals surface area contributed by atoms with E-state index in [1.807, 2.05) is 4.90 Å². The van der Waals surface area contributed by atoms with Crippen molar-refractivity contribution in [2.24, 2.45) is 0 Å². The molecule has 7 nitrogen and oxygen atoms in total. The molecule has 4 N–H and O–H groups in total. The monoisotopic (exact) mass is 278 g/mol. The zero-order valence-electron chi connectivity index (χ0n) is 11.3. The molecule has 1 aromatic rings. The van der Waals surface area contributed by atoms with Crippen LogP contribution in [0.2, 0.25) is 0 Å². The number of nitrogens with zero attached hydrogens (tertiary/aromatic N) is 2. The lowest BCUT2D eigenvalue weighted by Crippen LogP contribution is -2.44. The van der Waals surface area contributed by atoms with Gasteiger partial charge in [-0.15, -0.1) is 0 Å². The predicted molar refractivity (Wildman–Crippen MR) is 74.7 cm³/mol. The van der Waals surface area contributed by atoms with E-state index in [0.717, 1.165) is 12.8 Å². The van der Waals surface area contributed by atoms with Crippen LogP contribution in [0.5, 0.6) is 0 Å². The van der Waals surface area contributed by atoms with Gasteiger partial charge in [0, 0.05) is 32.3 Å². The average molecular weight is 278 g/mol. The number of carbonyl (C=O) groups is 2. The third-order valence-electron chi connectivity index (χ3n) is 3.40. The van der Waals surface area contributed by atoms with E-state index < -0.39 is 5.97 Å². The molecule has 0 spiro atoms. The summed E-state index contributed by atoms with van der Waals surface area (Å²) in [6.45, 7) is 2.87. The Bertz CT molecular complexity index is 524. The fourth-order valence-corrected chi connectivity index (χ4v) is 2.42. The van der Waals surface area contributed by atoms with Crippen LogP contribution in [0.15, 0.2) is 12.3 Å². The molecule has 0 unspecified atom stereocenters. The topological polar surface area (TPSA) is 109 Å². The molecule has 0 aliphatic carbocycles. The zero-order chi connectivity index (χ0) is 14.7. The summed E-state index contributed by atoms with van der Waals surface area (Å²) >= 11 is 0. The number of aromatic carboxylic acids is 1. The van der Waals surface area contributed by atoms with Crippen LogP contribution in [0.3, 0.4) is 0 Å². The first kappa shape index (κ1) is 14.1. The summed E-state index contributed by atoms with van der Waals surface area (Å²) in [5.41, 5.74) is 6.14. The highest BCUT2D eigenvalue weighted by atomic mass is 16.4. The standard InChI is InChI=1S/C13H18N4O3/c1-8(18)16-9-3-6-17(7-4-9)12-11(14)10(13(19)20)2-5-15-12/h2,5,9H,3-4,6-7,14H2,1H3,(H,16,18)(H,19,20). The fraction of sp³-hybridized carbons (Fsp3) is 0.462. The lowest BCUT2D eigenvalue weighted by atomic mass is 10.0. The molecule has 2 heterocycles. The van der Waals surface area contributed by atoms with E-state index in [0.29, 0.717) is 18.9 Å². The first-order valence-electron chi connectivity index (χ1n) is 6.49. The molecule has 7 heteroatoms. The van der Waals surface area contributed by atoms with Crippen LogP contribution in [0, 0.1) is 0 Å². The Morgan fingerprint density at radius 1 is 1.45 bits per heavy atom. The van der Waals surface area contributed by atoms with Gasteiger partial charge in [0.05, 0.1) is 11.3 Å². The Balaban J connectivity index is 2.09. The van der Waals surface area contributed by atoms with Gasteiger partial charge in [0.1, 0.15) is 0 Å². The minimum atomic E-state index is -1.06. The van der Waals surface area contributed by atoms with Gasteiger partial charge in [-0.1, -0.05) is 0 Å². The van der Waals surface area contributed by atoms with Crippen molar-refractivity contribution in [2.45, 2.75) is 25.8 Å². The minimum Gasteiger partial charge on any atom is -0.478 e. The molecule has 0 bridgehead atoms. The number of carbonyl (C=O) groups excluding carboxylic acids is 1. The van der Waals surface area contributed by atoms with Crippen molar-refractivity contribution in [3.63, 3.8) is 0 Å². The van der Waals surface area contributed by atoms with E-state index in [4.69, 9.17) is 10.8 Å². The summed E-state index contributed by atoms with van der Waals surface area (Å²) in [4.78, 5) is 28.2. The summed E-state index contributed by atoms with van der Waals surface area (Å²) < 4.78 is 0. The molecular weight excluding hydrogens is 260 g/mol. The highest BCUT2D eigenvalue weighted by Gasteiger charge is 2.23. The van der Waals surface area contributed by atoms with Crippen molar-refractivity contribution in [1.82, 2.24) is 10.3 Å². The molecule has 1 aliphatic heterocycles. The summed E-state index contributed by atoms with van der Waals surface area (Å²) in [7, 11) is 0. The van der Waals surface area contributed by atoms with Crippen LogP contribution in [0.25, 0.3) is 0 Å². The van der Waals surface area contributed by atoms with Crippen molar-refractivity contribution >= 4 is 23.4 Å². The molecule has 1 fully saturated rings. The van der Waals surface area contributed by atoms with Crippen LogP contribution in [0.4, 0.5) is 11.5 Å². The number of pyridine rings is 1.